The van der Waals surface area contributed by atoms with E-state index in [1.165, 1.54) is 10.0 Å². The SMILES string of the molecule is CCOC(OCC)[C@H](C)N(Cc1cccc2ccccc12)C(=O)[C@H](Cc1csc2ccccc12)NC(=O)CN(C)N(CC)C(N)=O. The number of hydrazine groups is 1. The van der Waals surface area contributed by atoms with Gasteiger partial charge < -0.3 is 25.4 Å². The average molecular weight is 648 g/mol. The van der Waals surface area contributed by atoms with Crippen molar-refractivity contribution in [2.75, 3.05) is 33.4 Å². The lowest BCUT2D eigenvalue weighted by molar-refractivity contribution is -0.179. The summed E-state index contributed by atoms with van der Waals surface area (Å²) >= 11 is 1.60. The van der Waals surface area contributed by atoms with Crippen LogP contribution in [0.1, 0.15) is 38.8 Å². The molecule has 246 valence electrons. The largest absolute Gasteiger partial charge is 0.351 e. The van der Waals surface area contributed by atoms with Gasteiger partial charge in [-0.1, -0.05) is 60.7 Å². The summed E-state index contributed by atoms with van der Waals surface area (Å²) in [6, 6.07) is 20.1. The van der Waals surface area contributed by atoms with Crippen LogP contribution in [0.3, 0.4) is 0 Å². The van der Waals surface area contributed by atoms with Crippen molar-refractivity contribution in [2.45, 2.75) is 59.0 Å². The first kappa shape index (κ1) is 34.8. The molecule has 2 atom stereocenters. The molecule has 4 rings (SSSR count). The van der Waals surface area contributed by atoms with E-state index in [4.69, 9.17) is 15.2 Å². The lowest BCUT2D eigenvalue weighted by Crippen LogP contribution is -2.57. The number of likely N-dealkylation sites (N-methyl/N-ethyl adjacent to an activating group) is 1. The molecular weight excluding hydrogens is 602 g/mol. The van der Waals surface area contributed by atoms with Crippen LogP contribution < -0.4 is 11.1 Å². The highest BCUT2D eigenvalue weighted by Gasteiger charge is 2.34. The minimum Gasteiger partial charge on any atom is -0.351 e. The number of hydrogen-bond donors (Lipinski definition) is 2. The van der Waals surface area contributed by atoms with Gasteiger partial charge in [-0.15, -0.1) is 11.3 Å². The fourth-order valence-corrected chi connectivity index (χ4v) is 6.72. The Morgan fingerprint density at radius 3 is 2.22 bits per heavy atom. The first-order valence-corrected chi connectivity index (χ1v) is 16.6. The monoisotopic (exact) mass is 647 g/mol. The second-order valence-corrected chi connectivity index (χ2v) is 12.0. The third-order valence-electron chi connectivity index (χ3n) is 8.01. The Labute approximate surface area is 275 Å². The molecule has 10 nitrogen and oxygen atoms in total. The molecule has 0 aliphatic carbocycles. The van der Waals surface area contributed by atoms with Gasteiger partial charge in [0.15, 0.2) is 6.29 Å². The van der Waals surface area contributed by atoms with Crippen LogP contribution in [0.15, 0.2) is 72.1 Å². The summed E-state index contributed by atoms with van der Waals surface area (Å²) in [6.07, 6.45) is -0.398. The Kier molecular flexibility index (Phi) is 12.5. The molecule has 1 heterocycles. The zero-order valence-corrected chi connectivity index (χ0v) is 28.1. The molecule has 11 heteroatoms. The number of rotatable bonds is 16. The summed E-state index contributed by atoms with van der Waals surface area (Å²) < 4.78 is 13.1. The smallest absolute Gasteiger partial charge is 0.329 e. The molecule has 3 N–H and O–H groups in total. The van der Waals surface area contributed by atoms with Gasteiger partial charge in [0.1, 0.15) is 6.04 Å². The van der Waals surface area contributed by atoms with Crippen LogP contribution in [0.2, 0.25) is 0 Å². The van der Waals surface area contributed by atoms with E-state index in [0.29, 0.717) is 19.8 Å². The predicted molar refractivity (Wildman–Crippen MR) is 183 cm³/mol. The van der Waals surface area contributed by atoms with Crippen molar-refractivity contribution in [1.29, 1.82) is 0 Å². The Balaban J connectivity index is 1.73. The number of benzene rings is 3. The van der Waals surface area contributed by atoms with E-state index < -0.39 is 30.3 Å². The van der Waals surface area contributed by atoms with E-state index in [1.54, 1.807) is 30.2 Å². The number of nitrogens with two attached hydrogens (primary N) is 1. The van der Waals surface area contributed by atoms with E-state index in [1.807, 2.05) is 92.9 Å². The van der Waals surface area contributed by atoms with Crippen molar-refractivity contribution >= 4 is 50.0 Å². The standard InChI is InChI=1S/C35H45N5O5S/c1-6-40(35(36)43)38(5)22-32(41)37-30(20-27-23-46-31-19-12-11-18-29(27)31)33(42)39(24(4)34(44-7-2)45-8-3)21-26-16-13-15-25-14-9-10-17-28(25)26/h9-19,23-24,30,34H,6-8,20-22H2,1-5H3,(H2,36,43)(H,37,41)/t24-,30-/m0/s1. The minimum absolute atomic E-state index is 0.162. The molecule has 0 saturated heterocycles. The Bertz CT molecular complexity index is 1620. The number of primary amides is 1. The summed E-state index contributed by atoms with van der Waals surface area (Å²) in [4.78, 5) is 42.0. The minimum atomic E-state index is -0.913. The lowest BCUT2D eigenvalue weighted by Gasteiger charge is -2.37. The van der Waals surface area contributed by atoms with E-state index in [2.05, 4.69) is 5.32 Å². The second-order valence-electron chi connectivity index (χ2n) is 11.1. The fourth-order valence-electron chi connectivity index (χ4n) is 5.75. The number of nitrogens with one attached hydrogen (secondary N) is 1. The predicted octanol–water partition coefficient (Wildman–Crippen LogP) is 5.15. The molecule has 0 saturated carbocycles. The number of urea groups is 1. The van der Waals surface area contributed by atoms with Crippen molar-refractivity contribution < 1.29 is 23.9 Å². The summed E-state index contributed by atoms with van der Waals surface area (Å²) in [5.41, 5.74) is 7.44. The van der Waals surface area contributed by atoms with Crippen LogP contribution in [0.25, 0.3) is 20.9 Å². The molecule has 0 aliphatic rings. The summed E-state index contributed by atoms with van der Waals surface area (Å²) in [7, 11) is 1.61. The number of amides is 4. The number of ether oxygens (including phenoxy) is 2. The normalized spacial score (nSPS) is 12.8. The molecule has 3 aromatic carbocycles. The molecule has 46 heavy (non-hydrogen) atoms. The maximum atomic E-state index is 14.8. The van der Waals surface area contributed by atoms with Gasteiger partial charge in [-0.25, -0.2) is 9.80 Å². The van der Waals surface area contributed by atoms with Crippen molar-refractivity contribution in [3.63, 3.8) is 0 Å². The third-order valence-corrected chi connectivity index (χ3v) is 9.02. The number of fused-ring (bicyclic) bond motifs is 2. The molecule has 0 spiro atoms. The first-order valence-electron chi connectivity index (χ1n) is 15.7. The van der Waals surface area contributed by atoms with Gasteiger partial charge >= 0.3 is 6.03 Å². The zero-order chi connectivity index (χ0) is 33.2. The Hall–Kier alpha value is -4.03. The van der Waals surface area contributed by atoms with E-state index in [-0.39, 0.29) is 25.4 Å². The van der Waals surface area contributed by atoms with Gasteiger partial charge in [0, 0.05) is 44.5 Å². The van der Waals surface area contributed by atoms with E-state index in [9.17, 15) is 14.4 Å². The van der Waals surface area contributed by atoms with Crippen LogP contribution in [-0.2, 0) is 32.0 Å². The van der Waals surface area contributed by atoms with Crippen molar-refractivity contribution in [2.24, 2.45) is 5.73 Å². The molecule has 0 radical (unpaired) electrons. The molecule has 0 unspecified atom stereocenters. The zero-order valence-electron chi connectivity index (χ0n) is 27.3. The maximum Gasteiger partial charge on any atom is 0.329 e. The first-order chi connectivity index (χ1) is 22.2. The van der Waals surface area contributed by atoms with Crippen LogP contribution in [-0.4, -0.2) is 84.5 Å². The topological polar surface area (TPSA) is 117 Å². The molecule has 0 aliphatic heterocycles. The number of thiophene rings is 1. The van der Waals surface area contributed by atoms with Gasteiger partial charge in [-0.3, -0.25) is 14.6 Å². The van der Waals surface area contributed by atoms with Crippen molar-refractivity contribution in [3.8, 4) is 0 Å². The van der Waals surface area contributed by atoms with Crippen molar-refractivity contribution in [3.05, 3.63) is 83.2 Å². The quantitative estimate of drug-likeness (QED) is 0.128. The summed E-state index contributed by atoms with van der Waals surface area (Å²) in [6.45, 7) is 8.70. The Morgan fingerprint density at radius 1 is 0.891 bits per heavy atom. The molecule has 4 aromatic rings. The van der Waals surface area contributed by atoms with Crippen molar-refractivity contribution in [1.82, 2.24) is 20.2 Å². The number of carbonyl (C=O) groups is 3. The van der Waals surface area contributed by atoms with Crippen LogP contribution >= 0.6 is 11.3 Å². The molecule has 1 aromatic heterocycles. The molecule has 0 bridgehead atoms. The number of nitrogens with zero attached hydrogens (tertiary/aromatic N) is 3. The van der Waals surface area contributed by atoms with Crippen LogP contribution in [0.4, 0.5) is 4.79 Å². The van der Waals surface area contributed by atoms with Gasteiger partial charge in [-0.05, 0) is 66.4 Å². The van der Waals surface area contributed by atoms with Crippen LogP contribution in [0.5, 0.6) is 0 Å². The highest BCUT2D eigenvalue weighted by Crippen LogP contribution is 2.28. The number of carbonyl (C=O) groups excluding carboxylic acids is 3. The third kappa shape index (κ3) is 8.41. The summed E-state index contributed by atoms with van der Waals surface area (Å²) in [5.74, 6) is -0.678. The molecule has 0 fully saturated rings. The Morgan fingerprint density at radius 2 is 1.54 bits per heavy atom. The van der Waals surface area contributed by atoms with Crippen LogP contribution in [0, 0.1) is 0 Å². The highest BCUT2D eigenvalue weighted by atomic mass is 32.1. The average Bonchev–Trinajstić information content (AvgIpc) is 3.45. The molecular formula is C35H45N5O5S. The molecule has 4 amide bonds. The highest BCUT2D eigenvalue weighted by molar-refractivity contribution is 7.17. The van der Waals surface area contributed by atoms with Gasteiger partial charge in [0.2, 0.25) is 11.8 Å². The second kappa shape index (κ2) is 16.5. The maximum absolute atomic E-state index is 14.8. The lowest BCUT2D eigenvalue weighted by atomic mass is 10.0. The van der Waals surface area contributed by atoms with E-state index in [0.717, 1.165) is 32.0 Å². The van der Waals surface area contributed by atoms with Gasteiger partial charge in [-0.2, -0.15) is 0 Å². The van der Waals surface area contributed by atoms with E-state index >= 15 is 0 Å². The fraction of sp³-hybridized carbons (Fsp3) is 0.400. The van der Waals surface area contributed by atoms with Gasteiger partial charge in [0.05, 0.1) is 12.6 Å². The number of hydrogen-bond acceptors (Lipinski definition) is 7. The van der Waals surface area contributed by atoms with Gasteiger partial charge in [0.25, 0.3) is 0 Å². The summed E-state index contributed by atoms with van der Waals surface area (Å²) in [5, 5.41) is 10.9.